The molecular formula is C22H23N3O3S. The number of rotatable bonds is 2. The van der Waals surface area contributed by atoms with Crippen LogP contribution in [0.1, 0.15) is 37.6 Å². The Bertz CT molecular complexity index is 1110. The number of quaternary nitrogens is 1. The molecule has 1 unspecified atom stereocenters. The number of hydrogen-bond donors (Lipinski definition) is 2. The summed E-state index contributed by atoms with van der Waals surface area (Å²) >= 11 is 1.67. The molecule has 29 heavy (non-hydrogen) atoms. The molecule has 0 fully saturated rings. The Morgan fingerprint density at radius 2 is 1.90 bits per heavy atom. The highest BCUT2D eigenvalue weighted by atomic mass is 32.2. The second kappa shape index (κ2) is 7.11. The highest BCUT2D eigenvalue weighted by Gasteiger charge is 2.47. The summed E-state index contributed by atoms with van der Waals surface area (Å²) in [4.78, 5) is 7.49. The van der Waals surface area contributed by atoms with Crippen LogP contribution in [0.3, 0.4) is 0 Å². The summed E-state index contributed by atoms with van der Waals surface area (Å²) in [5.41, 5.74) is 1.95. The lowest BCUT2D eigenvalue weighted by Crippen LogP contribution is -2.57. The maximum atomic E-state index is 13.0. The first-order valence-corrected chi connectivity index (χ1v) is 10.2. The molecule has 1 aromatic heterocycles. The van der Waals surface area contributed by atoms with Crippen LogP contribution >= 0.6 is 11.8 Å². The molecule has 1 atom stereocenters. The third kappa shape index (κ3) is 3.62. The van der Waals surface area contributed by atoms with E-state index in [0.717, 1.165) is 26.9 Å². The van der Waals surface area contributed by atoms with Gasteiger partial charge < -0.3 is 5.11 Å². The van der Waals surface area contributed by atoms with Gasteiger partial charge in [0.2, 0.25) is 6.02 Å². The molecular weight excluding hydrogens is 386 g/mol. The number of thioether (sulfide) groups is 1. The quantitative estimate of drug-likeness (QED) is 0.281. The molecule has 0 aliphatic carbocycles. The van der Waals surface area contributed by atoms with Gasteiger partial charge in [0.25, 0.3) is 0 Å². The van der Waals surface area contributed by atoms with E-state index in [1.807, 2.05) is 51.1 Å². The Balaban J connectivity index is 1.79. The summed E-state index contributed by atoms with van der Waals surface area (Å²) in [5, 5.41) is 36.4. The maximum Gasteiger partial charge on any atom is 0.239 e. The molecule has 2 aromatic carbocycles. The van der Waals surface area contributed by atoms with Gasteiger partial charge in [0.15, 0.2) is 6.04 Å². The van der Waals surface area contributed by atoms with Crippen molar-refractivity contribution in [3.8, 4) is 0 Å². The summed E-state index contributed by atoms with van der Waals surface area (Å²) in [6, 6.07) is 12.8. The average Bonchev–Trinajstić information content (AvgIpc) is 2.67. The second-order valence-electron chi connectivity index (χ2n) is 7.93. The molecule has 0 radical (unpaired) electrons. The lowest BCUT2D eigenvalue weighted by Gasteiger charge is -2.40. The van der Waals surface area contributed by atoms with E-state index >= 15 is 0 Å². The number of benzene rings is 2. The number of fused-ring (bicyclic) bond motifs is 2. The van der Waals surface area contributed by atoms with E-state index in [4.69, 9.17) is 0 Å². The number of aryl methyl sites for hydroxylation is 1. The fraction of sp³-hybridized carbons (Fsp3) is 0.273. The molecule has 1 aliphatic rings. The van der Waals surface area contributed by atoms with Crippen molar-refractivity contribution < 1.29 is 20.3 Å². The molecule has 150 valence electrons. The largest absolute Gasteiger partial charge is 0.811 e. The van der Waals surface area contributed by atoms with E-state index in [1.165, 1.54) is 0 Å². The number of nitrogens with zero attached hydrogens (tertiary/aromatic N) is 3. The van der Waals surface area contributed by atoms with Crippen LogP contribution in [0.25, 0.3) is 10.8 Å². The summed E-state index contributed by atoms with van der Waals surface area (Å²) in [7, 11) is 0. The minimum Gasteiger partial charge on any atom is -0.811 e. The molecule has 4 rings (SSSR count). The van der Waals surface area contributed by atoms with Gasteiger partial charge >= 0.3 is 0 Å². The standard InChI is InChI=1S/C22H23N3O3S/c1-14-15-8-6-9-18(16(15)11-12-23-14)24-21(26)25(27,28)19-13-22(2,3)29-20-10-5-4-7-17(19)20/h4-12,19,27-28H,13H2,1-3H3. The van der Waals surface area contributed by atoms with Crippen molar-refractivity contribution in [1.82, 2.24) is 4.98 Å². The van der Waals surface area contributed by atoms with Crippen molar-refractivity contribution in [2.75, 3.05) is 0 Å². The minimum atomic E-state index is -1.80. The number of hydroxylamine groups is 4. The number of pyridine rings is 1. The highest BCUT2D eigenvalue weighted by Crippen LogP contribution is 2.50. The molecule has 0 saturated heterocycles. The molecule has 1 aliphatic heterocycles. The number of amidine groups is 1. The predicted molar refractivity (Wildman–Crippen MR) is 111 cm³/mol. The molecule has 2 heterocycles. The Morgan fingerprint density at radius 1 is 1.14 bits per heavy atom. The Hall–Kier alpha value is -2.45. The first kappa shape index (κ1) is 19.8. The summed E-state index contributed by atoms with van der Waals surface area (Å²) in [6.45, 7) is 5.94. The van der Waals surface area contributed by atoms with E-state index in [9.17, 15) is 15.5 Å². The number of aromatic nitrogens is 1. The Kier molecular flexibility index (Phi) is 4.86. The van der Waals surface area contributed by atoms with Crippen LogP contribution in [0.2, 0.25) is 0 Å². The lowest BCUT2D eigenvalue weighted by atomic mass is 9.95. The van der Waals surface area contributed by atoms with E-state index in [2.05, 4.69) is 9.98 Å². The molecule has 7 heteroatoms. The predicted octanol–water partition coefficient (Wildman–Crippen LogP) is 4.50. The molecule has 3 aromatic rings. The molecule has 0 saturated carbocycles. The number of hydrogen-bond acceptors (Lipinski definition) is 6. The number of aliphatic imine (C=N–C) groups is 1. The normalized spacial score (nSPS) is 19.2. The minimum absolute atomic E-state index is 0.253. The summed E-state index contributed by atoms with van der Waals surface area (Å²) < 4.78 is -0.253. The first-order valence-electron chi connectivity index (χ1n) is 9.42. The molecule has 6 nitrogen and oxygen atoms in total. The van der Waals surface area contributed by atoms with Crippen molar-refractivity contribution in [1.29, 1.82) is 0 Å². The van der Waals surface area contributed by atoms with Gasteiger partial charge in [-0.25, -0.2) is 4.99 Å². The third-order valence-corrected chi connectivity index (χ3v) is 6.57. The van der Waals surface area contributed by atoms with Crippen LogP contribution < -0.4 is 5.11 Å². The Morgan fingerprint density at radius 3 is 2.69 bits per heavy atom. The van der Waals surface area contributed by atoms with Crippen molar-refractivity contribution in [3.63, 3.8) is 0 Å². The van der Waals surface area contributed by atoms with E-state index in [-0.39, 0.29) is 4.75 Å². The lowest BCUT2D eigenvalue weighted by molar-refractivity contribution is -1.21. The van der Waals surface area contributed by atoms with Crippen LogP contribution in [-0.4, -0.2) is 31.0 Å². The zero-order chi connectivity index (χ0) is 20.8. The van der Waals surface area contributed by atoms with Crippen LogP contribution in [-0.2, 0) is 0 Å². The molecule has 0 amide bonds. The zero-order valence-electron chi connectivity index (χ0n) is 16.5. The second-order valence-corrected chi connectivity index (χ2v) is 9.68. The van der Waals surface area contributed by atoms with Gasteiger partial charge in [-0.05, 0) is 29.9 Å². The third-order valence-electron chi connectivity index (χ3n) is 5.26. The van der Waals surface area contributed by atoms with Gasteiger partial charge in [-0.2, -0.15) is 10.4 Å². The zero-order valence-corrected chi connectivity index (χ0v) is 17.3. The van der Waals surface area contributed by atoms with Crippen LogP contribution in [0.15, 0.2) is 64.6 Å². The highest BCUT2D eigenvalue weighted by molar-refractivity contribution is 8.00. The van der Waals surface area contributed by atoms with Gasteiger partial charge in [-0.15, -0.1) is 11.8 Å². The van der Waals surface area contributed by atoms with Gasteiger partial charge in [0.05, 0.1) is 5.69 Å². The molecule has 2 N–H and O–H groups in total. The SMILES string of the molecule is Cc1nccc2c(N=C([O-])[N+](O)(O)C3CC(C)(C)Sc4ccccc43)cccc12. The average molecular weight is 410 g/mol. The summed E-state index contributed by atoms with van der Waals surface area (Å²) in [5.74, 6) is 0. The Labute approximate surface area is 173 Å². The van der Waals surface area contributed by atoms with Crippen LogP contribution in [0.5, 0.6) is 0 Å². The van der Waals surface area contributed by atoms with Gasteiger partial charge in [-0.1, -0.05) is 44.2 Å². The van der Waals surface area contributed by atoms with Crippen LogP contribution in [0, 0.1) is 6.92 Å². The van der Waals surface area contributed by atoms with E-state index in [0.29, 0.717) is 12.1 Å². The topological polar surface area (TPSA) is 88.8 Å². The molecule has 0 spiro atoms. The fourth-order valence-corrected chi connectivity index (χ4v) is 5.13. The first-order chi connectivity index (χ1) is 13.7. The van der Waals surface area contributed by atoms with Crippen molar-refractivity contribution in [3.05, 3.63) is 66.0 Å². The fourth-order valence-electron chi connectivity index (χ4n) is 3.83. The van der Waals surface area contributed by atoms with Crippen molar-refractivity contribution in [2.24, 2.45) is 4.99 Å². The van der Waals surface area contributed by atoms with Gasteiger partial charge in [0, 0.05) is 44.3 Å². The van der Waals surface area contributed by atoms with E-state index < -0.39 is 16.9 Å². The monoisotopic (exact) mass is 409 g/mol. The van der Waals surface area contributed by atoms with Gasteiger partial charge in [-0.3, -0.25) is 4.98 Å². The molecule has 0 bridgehead atoms. The maximum absolute atomic E-state index is 13.0. The van der Waals surface area contributed by atoms with Crippen LogP contribution in [0.4, 0.5) is 5.69 Å². The summed E-state index contributed by atoms with van der Waals surface area (Å²) in [6.07, 6.45) is 2.07. The van der Waals surface area contributed by atoms with E-state index in [1.54, 1.807) is 36.2 Å². The smallest absolute Gasteiger partial charge is 0.239 e. The van der Waals surface area contributed by atoms with Gasteiger partial charge in [0.1, 0.15) is 0 Å². The van der Waals surface area contributed by atoms with Crippen molar-refractivity contribution >= 4 is 34.2 Å². The van der Waals surface area contributed by atoms with Crippen molar-refractivity contribution in [2.45, 2.75) is 42.9 Å².